The number of benzene rings is 2. The molecule has 0 saturated heterocycles. The number of aliphatic hydroxyl groups is 1. The van der Waals surface area contributed by atoms with Crippen LogP contribution in [-0.2, 0) is 4.79 Å². The third-order valence-electron chi connectivity index (χ3n) is 3.68. The molecule has 2 aromatic carbocycles. The Morgan fingerprint density at radius 2 is 1.70 bits per heavy atom. The fourth-order valence-corrected chi connectivity index (χ4v) is 2.46. The highest BCUT2D eigenvalue weighted by Gasteiger charge is 2.32. The minimum absolute atomic E-state index is 0.184. The number of fused-ring (bicyclic) bond motifs is 1. The van der Waals surface area contributed by atoms with E-state index in [1.54, 1.807) is 61.7 Å². The smallest absolute Gasteiger partial charge is 0.201 e. The van der Waals surface area contributed by atoms with Crippen molar-refractivity contribution >= 4 is 23.4 Å². The molecule has 0 radical (unpaired) electrons. The van der Waals surface area contributed by atoms with Crippen LogP contribution in [0.1, 0.15) is 21.5 Å². The molecule has 2 aromatic rings. The van der Waals surface area contributed by atoms with Crippen LogP contribution >= 0.6 is 0 Å². The summed E-state index contributed by atoms with van der Waals surface area (Å²) in [6.07, 6.45) is 2.88. The minimum atomic E-state index is -0.514. The van der Waals surface area contributed by atoms with Gasteiger partial charge in [0.05, 0.1) is 7.11 Å². The van der Waals surface area contributed by atoms with Crippen LogP contribution in [0.2, 0.25) is 0 Å². The normalized spacial score (nSPS) is 13.5. The maximum absolute atomic E-state index is 12.3. The van der Waals surface area contributed by atoms with Crippen molar-refractivity contribution in [3.8, 4) is 5.75 Å². The minimum Gasteiger partial charge on any atom is -0.506 e. The average Bonchev–Trinajstić information content (AvgIpc) is 2.85. The van der Waals surface area contributed by atoms with Crippen LogP contribution in [0.25, 0.3) is 11.8 Å². The Labute approximate surface area is 133 Å². The number of carbonyl (C=O) groups excluding carboxylic acids is 2. The average molecular weight is 306 g/mol. The Kier molecular flexibility index (Phi) is 3.81. The van der Waals surface area contributed by atoms with E-state index in [1.165, 1.54) is 6.08 Å². The number of hydrogen-bond acceptors (Lipinski definition) is 4. The van der Waals surface area contributed by atoms with Gasteiger partial charge in [-0.3, -0.25) is 9.59 Å². The van der Waals surface area contributed by atoms with Crippen LogP contribution in [0, 0.1) is 0 Å². The van der Waals surface area contributed by atoms with E-state index in [0.29, 0.717) is 11.1 Å². The number of Topliss-reactive ketones (excluding diaryl/α,β-unsaturated/α-hetero) is 1. The van der Waals surface area contributed by atoms with Crippen molar-refractivity contribution in [1.82, 2.24) is 0 Å². The number of ketones is 2. The van der Waals surface area contributed by atoms with Gasteiger partial charge in [-0.15, -0.1) is 0 Å². The Bertz CT molecular complexity index is 842. The molecule has 0 fully saturated rings. The predicted molar refractivity (Wildman–Crippen MR) is 87.4 cm³/mol. The van der Waals surface area contributed by atoms with Gasteiger partial charge in [-0.2, -0.15) is 0 Å². The molecule has 1 N–H and O–H groups in total. The summed E-state index contributed by atoms with van der Waals surface area (Å²) in [5.41, 5.74) is 1.36. The molecule has 114 valence electrons. The highest BCUT2D eigenvalue weighted by Crippen LogP contribution is 2.31. The summed E-state index contributed by atoms with van der Waals surface area (Å²) >= 11 is 0. The molecule has 0 spiro atoms. The van der Waals surface area contributed by atoms with Crippen LogP contribution in [0.3, 0.4) is 0 Å². The zero-order valence-corrected chi connectivity index (χ0v) is 12.4. The molecule has 0 aliphatic heterocycles. The molecular formula is C19H14O4. The topological polar surface area (TPSA) is 63.6 Å². The van der Waals surface area contributed by atoms with Gasteiger partial charge in [0.25, 0.3) is 0 Å². The molecule has 0 bridgehead atoms. The van der Waals surface area contributed by atoms with E-state index in [2.05, 4.69) is 0 Å². The number of hydrogen-bond donors (Lipinski definition) is 1. The molecule has 1 aliphatic carbocycles. The summed E-state index contributed by atoms with van der Waals surface area (Å²) in [5, 5.41) is 10.1. The molecule has 1 aliphatic rings. The lowest BCUT2D eigenvalue weighted by Crippen LogP contribution is -2.08. The molecule has 0 atom stereocenters. The molecule has 0 aromatic heterocycles. The first kappa shape index (κ1) is 14.8. The van der Waals surface area contributed by atoms with Crippen LogP contribution < -0.4 is 4.74 Å². The molecule has 23 heavy (non-hydrogen) atoms. The Hall–Kier alpha value is -3.14. The number of rotatable bonds is 4. The third-order valence-corrected chi connectivity index (χ3v) is 3.68. The van der Waals surface area contributed by atoms with E-state index < -0.39 is 11.6 Å². The second kappa shape index (κ2) is 5.93. The fraction of sp³-hybridized carbons (Fsp3) is 0.0526. The molecular weight excluding hydrogens is 292 g/mol. The van der Waals surface area contributed by atoms with E-state index in [4.69, 9.17) is 4.74 Å². The van der Waals surface area contributed by atoms with Gasteiger partial charge >= 0.3 is 0 Å². The van der Waals surface area contributed by atoms with E-state index in [-0.39, 0.29) is 11.3 Å². The summed E-state index contributed by atoms with van der Waals surface area (Å²) in [4.78, 5) is 24.5. The van der Waals surface area contributed by atoms with Gasteiger partial charge in [0.1, 0.15) is 17.1 Å². The molecule has 0 saturated carbocycles. The van der Waals surface area contributed by atoms with Gasteiger partial charge in [-0.1, -0.05) is 42.5 Å². The SMILES string of the molecule is COc1ccc(C=CC(=O)C2=C(O)c3ccccc3C2=O)cc1. The molecule has 3 rings (SSSR count). The lowest BCUT2D eigenvalue weighted by molar-refractivity contribution is -0.110. The second-order valence-corrected chi connectivity index (χ2v) is 5.07. The first-order valence-electron chi connectivity index (χ1n) is 7.05. The summed E-state index contributed by atoms with van der Waals surface area (Å²) in [5.74, 6) is -0.493. The number of ether oxygens (including phenoxy) is 1. The maximum atomic E-state index is 12.3. The lowest BCUT2D eigenvalue weighted by atomic mass is 10.1. The van der Waals surface area contributed by atoms with Gasteiger partial charge in [0.15, 0.2) is 5.78 Å². The van der Waals surface area contributed by atoms with Crippen molar-refractivity contribution in [2.75, 3.05) is 7.11 Å². The lowest BCUT2D eigenvalue weighted by Gasteiger charge is -1.99. The second-order valence-electron chi connectivity index (χ2n) is 5.07. The molecule has 0 amide bonds. The number of methoxy groups -OCH3 is 1. The van der Waals surface area contributed by atoms with E-state index >= 15 is 0 Å². The molecule has 0 heterocycles. The number of carbonyl (C=O) groups is 2. The Morgan fingerprint density at radius 3 is 2.30 bits per heavy atom. The van der Waals surface area contributed by atoms with Crippen molar-refractivity contribution in [2.45, 2.75) is 0 Å². The van der Waals surface area contributed by atoms with Crippen LogP contribution in [0.15, 0.2) is 60.2 Å². The monoisotopic (exact) mass is 306 g/mol. The van der Waals surface area contributed by atoms with Crippen LogP contribution in [0.4, 0.5) is 0 Å². The first-order chi connectivity index (χ1) is 11.1. The highest BCUT2D eigenvalue weighted by molar-refractivity contribution is 6.36. The summed E-state index contributed by atoms with van der Waals surface area (Å²) < 4.78 is 5.06. The summed E-state index contributed by atoms with van der Waals surface area (Å²) in [6.45, 7) is 0. The zero-order valence-electron chi connectivity index (χ0n) is 12.4. The molecule has 4 heteroatoms. The maximum Gasteiger partial charge on any atom is 0.201 e. The Balaban J connectivity index is 1.85. The largest absolute Gasteiger partial charge is 0.506 e. The standard InChI is InChI=1S/C19H14O4/c1-23-13-9-6-12(7-10-13)8-11-16(20)17-18(21)14-4-2-3-5-15(14)19(17)22/h2-11,21H,1H3. The highest BCUT2D eigenvalue weighted by atomic mass is 16.5. The van der Waals surface area contributed by atoms with Gasteiger partial charge in [0.2, 0.25) is 5.78 Å². The quantitative estimate of drug-likeness (QED) is 0.694. The van der Waals surface area contributed by atoms with Crippen molar-refractivity contribution < 1.29 is 19.4 Å². The summed E-state index contributed by atoms with van der Waals surface area (Å²) in [6, 6.07) is 13.8. The Morgan fingerprint density at radius 1 is 1.04 bits per heavy atom. The van der Waals surface area contributed by atoms with Crippen molar-refractivity contribution in [3.05, 3.63) is 76.9 Å². The zero-order chi connectivity index (χ0) is 16.4. The van der Waals surface area contributed by atoms with Gasteiger partial charge in [-0.25, -0.2) is 0 Å². The van der Waals surface area contributed by atoms with Gasteiger partial charge < -0.3 is 9.84 Å². The van der Waals surface area contributed by atoms with Gasteiger partial charge in [0, 0.05) is 11.1 Å². The fourth-order valence-electron chi connectivity index (χ4n) is 2.46. The first-order valence-corrected chi connectivity index (χ1v) is 7.05. The summed E-state index contributed by atoms with van der Waals surface area (Å²) in [7, 11) is 1.58. The molecule has 4 nitrogen and oxygen atoms in total. The third kappa shape index (κ3) is 2.66. The predicted octanol–water partition coefficient (Wildman–Crippen LogP) is 3.44. The molecule has 0 unspecified atom stereocenters. The van der Waals surface area contributed by atoms with Crippen molar-refractivity contribution in [3.63, 3.8) is 0 Å². The van der Waals surface area contributed by atoms with Crippen molar-refractivity contribution in [1.29, 1.82) is 0 Å². The van der Waals surface area contributed by atoms with E-state index in [9.17, 15) is 14.7 Å². The van der Waals surface area contributed by atoms with E-state index in [0.717, 1.165) is 11.3 Å². The van der Waals surface area contributed by atoms with E-state index in [1.807, 2.05) is 0 Å². The number of allylic oxidation sites excluding steroid dienone is 2. The van der Waals surface area contributed by atoms with Crippen LogP contribution in [-0.4, -0.2) is 23.8 Å². The van der Waals surface area contributed by atoms with Crippen molar-refractivity contribution in [2.24, 2.45) is 0 Å². The van der Waals surface area contributed by atoms with Crippen LogP contribution in [0.5, 0.6) is 5.75 Å². The number of aliphatic hydroxyl groups excluding tert-OH is 1. The van der Waals surface area contributed by atoms with Gasteiger partial charge in [-0.05, 0) is 23.8 Å².